The summed E-state index contributed by atoms with van der Waals surface area (Å²) in [5.41, 5.74) is 1.67. The van der Waals surface area contributed by atoms with Gasteiger partial charge in [0.2, 0.25) is 0 Å². The van der Waals surface area contributed by atoms with E-state index in [-0.39, 0.29) is 0 Å². The lowest BCUT2D eigenvalue weighted by molar-refractivity contribution is 0.331. The quantitative estimate of drug-likeness (QED) is 0.781. The first-order valence-electron chi connectivity index (χ1n) is 8.08. The average Bonchev–Trinajstić information content (AvgIpc) is 3.00. The summed E-state index contributed by atoms with van der Waals surface area (Å²) in [7, 11) is 0. The first-order chi connectivity index (χ1) is 10.2. The van der Waals surface area contributed by atoms with Gasteiger partial charge in [0.15, 0.2) is 0 Å². The van der Waals surface area contributed by atoms with Gasteiger partial charge in [0.25, 0.3) is 0 Å². The lowest BCUT2D eigenvalue weighted by Crippen LogP contribution is -2.21. The number of likely N-dealkylation sites (tertiary alicyclic amines) is 1. The molecular formula is C17H26N4. The van der Waals surface area contributed by atoms with Crippen molar-refractivity contribution in [3.63, 3.8) is 0 Å². The van der Waals surface area contributed by atoms with Crippen LogP contribution in [0.15, 0.2) is 12.1 Å². The Morgan fingerprint density at radius 3 is 2.71 bits per heavy atom. The molecule has 1 N–H and O–H groups in total. The standard InChI is InChI=1S/C17H26N4/c1-14(2)16-8-7-15(13-18)17(20-16)19-9-3-4-10-21-11-5-6-12-21/h7-8,14H,3-6,9-12H2,1-2H3,(H,19,20). The highest BCUT2D eigenvalue weighted by atomic mass is 15.1. The molecule has 2 rings (SSSR count). The van der Waals surface area contributed by atoms with E-state index in [1.807, 2.05) is 12.1 Å². The number of pyridine rings is 1. The zero-order valence-electron chi connectivity index (χ0n) is 13.2. The Morgan fingerprint density at radius 2 is 2.05 bits per heavy atom. The first-order valence-corrected chi connectivity index (χ1v) is 8.08. The van der Waals surface area contributed by atoms with Crippen LogP contribution in [0.1, 0.15) is 56.7 Å². The van der Waals surface area contributed by atoms with Crippen molar-refractivity contribution in [2.45, 2.75) is 45.4 Å². The van der Waals surface area contributed by atoms with Crippen LogP contribution in [0.2, 0.25) is 0 Å². The molecule has 1 aromatic heterocycles. The van der Waals surface area contributed by atoms with Gasteiger partial charge in [-0.25, -0.2) is 4.98 Å². The lowest BCUT2D eigenvalue weighted by Gasteiger charge is -2.14. The van der Waals surface area contributed by atoms with Crippen LogP contribution < -0.4 is 5.32 Å². The minimum atomic E-state index is 0.383. The molecule has 0 radical (unpaired) electrons. The Morgan fingerprint density at radius 1 is 1.29 bits per heavy atom. The molecule has 1 saturated heterocycles. The van der Waals surface area contributed by atoms with Crippen LogP contribution in [0.25, 0.3) is 0 Å². The summed E-state index contributed by atoms with van der Waals surface area (Å²) in [6.07, 6.45) is 5.04. The van der Waals surface area contributed by atoms with Crippen LogP contribution in [-0.4, -0.2) is 36.1 Å². The smallest absolute Gasteiger partial charge is 0.144 e. The lowest BCUT2D eigenvalue weighted by atomic mass is 10.1. The fourth-order valence-corrected chi connectivity index (χ4v) is 2.69. The number of anilines is 1. The maximum Gasteiger partial charge on any atom is 0.144 e. The zero-order chi connectivity index (χ0) is 15.1. The summed E-state index contributed by atoms with van der Waals surface area (Å²) in [6, 6.07) is 6.03. The van der Waals surface area contributed by atoms with E-state index in [0.29, 0.717) is 11.5 Å². The number of hydrogen-bond donors (Lipinski definition) is 1. The maximum atomic E-state index is 9.16. The van der Waals surface area contributed by atoms with Crippen molar-refractivity contribution < 1.29 is 0 Å². The molecule has 4 heteroatoms. The van der Waals surface area contributed by atoms with Gasteiger partial charge in [0.05, 0.1) is 5.56 Å². The van der Waals surface area contributed by atoms with Gasteiger partial charge in [-0.15, -0.1) is 0 Å². The molecule has 114 valence electrons. The number of nitriles is 1. The number of aromatic nitrogens is 1. The van der Waals surface area contributed by atoms with Gasteiger partial charge in [0.1, 0.15) is 11.9 Å². The molecule has 21 heavy (non-hydrogen) atoms. The SMILES string of the molecule is CC(C)c1ccc(C#N)c(NCCCCN2CCCC2)n1. The summed E-state index contributed by atoms with van der Waals surface area (Å²) in [5.74, 6) is 1.12. The van der Waals surface area contributed by atoms with Gasteiger partial charge in [-0.05, 0) is 63.4 Å². The minimum Gasteiger partial charge on any atom is -0.369 e. The van der Waals surface area contributed by atoms with Crippen molar-refractivity contribution in [2.24, 2.45) is 0 Å². The fourth-order valence-electron chi connectivity index (χ4n) is 2.69. The molecule has 1 aliphatic rings. The van der Waals surface area contributed by atoms with Crippen molar-refractivity contribution >= 4 is 5.82 Å². The second-order valence-electron chi connectivity index (χ2n) is 6.08. The third-order valence-electron chi connectivity index (χ3n) is 4.02. The predicted molar refractivity (Wildman–Crippen MR) is 86.4 cm³/mol. The molecule has 0 spiro atoms. The van der Waals surface area contributed by atoms with Crippen molar-refractivity contribution in [1.82, 2.24) is 9.88 Å². The second-order valence-corrected chi connectivity index (χ2v) is 6.08. The third-order valence-corrected chi connectivity index (χ3v) is 4.02. The second kappa shape index (κ2) is 7.99. The van der Waals surface area contributed by atoms with Crippen LogP contribution in [0, 0.1) is 11.3 Å². The molecule has 0 amide bonds. The molecule has 2 heterocycles. The van der Waals surface area contributed by atoms with Crippen LogP contribution >= 0.6 is 0 Å². The molecule has 0 unspecified atom stereocenters. The van der Waals surface area contributed by atoms with Crippen molar-refractivity contribution in [1.29, 1.82) is 5.26 Å². The zero-order valence-corrected chi connectivity index (χ0v) is 13.2. The first kappa shape index (κ1) is 15.8. The number of nitrogens with zero attached hydrogens (tertiary/aromatic N) is 3. The molecule has 4 nitrogen and oxygen atoms in total. The molecule has 1 aromatic rings. The van der Waals surface area contributed by atoms with Crippen molar-refractivity contribution in [3.8, 4) is 6.07 Å². The number of rotatable bonds is 7. The van der Waals surface area contributed by atoms with Gasteiger partial charge in [-0.3, -0.25) is 0 Å². The van der Waals surface area contributed by atoms with E-state index in [2.05, 4.69) is 35.1 Å². The van der Waals surface area contributed by atoms with Crippen LogP contribution in [0.5, 0.6) is 0 Å². The van der Waals surface area contributed by atoms with E-state index in [1.54, 1.807) is 0 Å². The third kappa shape index (κ3) is 4.71. The van der Waals surface area contributed by atoms with E-state index < -0.39 is 0 Å². The highest BCUT2D eigenvalue weighted by Gasteiger charge is 2.10. The molecule has 1 fully saturated rings. The molecule has 0 bridgehead atoms. The van der Waals surface area contributed by atoms with E-state index in [1.165, 1.54) is 38.9 Å². The average molecular weight is 286 g/mol. The molecule has 0 aliphatic carbocycles. The molecule has 0 saturated carbocycles. The molecule has 1 aliphatic heterocycles. The van der Waals surface area contributed by atoms with E-state index in [0.717, 1.165) is 24.5 Å². The predicted octanol–water partition coefficient (Wildman–Crippen LogP) is 3.36. The molecule has 0 aromatic carbocycles. The van der Waals surface area contributed by atoms with Gasteiger partial charge < -0.3 is 10.2 Å². The minimum absolute atomic E-state index is 0.383. The van der Waals surface area contributed by atoms with E-state index >= 15 is 0 Å². The van der Waals surface area contributed by atoms with Crippen molar-refractivity contribution in [3.05, 3.63) is 23.4 Å². The number of hydrogen-bond acceptors (Lipinski definition) is 4. The van der Waals surface area contributed by atoms with Gasteiger partial charge in [-0.1, -0.05) is 13.8 Å². The van der Waals surface area contributed by atoms with Crippen LogP contribution in [0.3, 0.4) is 0 Å². The topological polar surface area (TPSA) is 52.0 Å². The summed E-state index contributed by atoms with van der Waals surface area (Å²) in [4.78, 5) is 7.11. The Balaban J connectivity index is 1.78. The van der Waals surface area contributed by atoms with E-state index in [9.17, 15) is 0 Å². The molecule has 0 atom stereocenters. The number of nitrogens with one attached hydrogen (secondary N) is 1. The van der Waals surface area contributed by atoms with Gasteiger partial charge >= 0.3 is 0 Å². The Labute approximate surface area is 128 Å². The normalized spacial score (nSPS) is 15.3. The van der Waals surface area contributed by atoms with Crippen LogP contribution in [0.4, 0.5) is 5.82 Å². The Bertz CT molecular complexity index is 484. The van der Waals surface area contributed by atoms with Gasteiger partial charge in [-0.2, -0.15) is 5.26 Å². The largest absolute Gasteiger partial charge is 0.369 e. The summed E-state index contributed by atoms with van der Waals surface area (Å²) < 4.78 is 0. The summed E-state index contributed by atoms with van der Waals surface area (Å²) in [6.45, 7) is 8.86. The monoisotopic (exact) mass is 286 g/mol. The van der Waals surface area contributed by atoms with E-state index in [4.69, 9.17) is 5.26 Å². The highest BCUT2D eigenvalue weighted by molar-refractivity contribution is 5.52. The molecular weight excluding hydrogens is 260 g/mol. The fraction of sp³-hybridized carbons (Fsp3) is 0.647. The summed E-state index contributed by atoms with van der Waals surface area (Å²) in [5, 5.41) is 12.5. The summed E-state index contributed by atoms with van der Waals surface area (Å²) >= 11 is 0. The highest BCUT2D eigenvalue weighted by Crippen LogP contribution is 2.18. The Hall–Kier alpha value is -1.60. The van der Waals surface area contributed by atoms with Crippen molar-refractivity contribution in [2.75, 3.05) is 31.5 Å². The maximum absolute atomic E-state index is 9.16. The number of unbranched alkanes of at least 4 members (excludes halogenated alkanes) is 1. The Kier molecular flexibility index (Phi) is 6.01. The van der Waals surface area contributed by atoms with Crippen LogP contribution in [-0.2, 0) is 0 Å². The van der Waals surface area contributed by atoms with Gasteiger partial charge in [0, 0.05) is 12.2 Å².